The Morgan fingerprint density at radius 1 is 0.476 bits per heavy atom. The molecule has 0 N–H and O–H groups in total. The summed E-state index contributed by atoms with van der Waals surface area (Å²) in [5.41, 5.74) is 0. The maximum absolute atomic E-state index is 6.53. The van der Waals surface area contributed by atoms with Crippen molar-refractivity contribution >= 4 is 28.9 Å². The maximum Gasteiger partial charge on any atom is 0.251 e. The first-order valence-corrected chi connectivity index (χ1v) is 13.9. The molecule has 0 amide bonds. The Morgan fingerprint density at radius 3 is 1.14 bits per heavy atom. The van der Waals surface area contributed by atoms with E-state index in [1.54, 1.807) is 0 Å². The van der Waals surface area contributed by atoms with E-state index in [0.717, 1.165) is 12.1 Å². The summed E-state index contributed by atoms with van der Waals surface area (Å²) in [6.07, 6.45) is 19.0. The van der Waals surface area contributed by atoms with Crippen molar-refractivity contribution in [3.05, 3.63) is 0 Å². The standard InChI is InChI=1S/C18H38Cl2Si/c1-3-5-7-9-10-11-12-13-14-16-18-21(19,20)17-15-8-6-4-2/h3-18H2,1-2H3. The zero-order valence-electron chi connectivity index (χ0n) is 14.6. The SMILES string of the molecule is CCCCCCCCCCCC[Si](Cl)(Cl)CCCCCC. The van der Waals surface area contributed by atoms with Crippen molar-refractivity contribution < 1.29 is 0 Å². The summed E-state index contributed by atoms with van der Waals surface area (Å²) in [4.78, 5) is 0. The van der Waals surface area contributed by atoms with Crippen LogP contribution in [0.25, 0.3) is 0 Å². The van der Waals surface area contributed by atoms with Crippen LogP contribution >= 0.6 is 22.2 Å². The molecular weight excluding hydrogens is 315 g/mol. The van der Waals surface area contributed by atoms with Gasteiger partial charge in [0.05, 0.1) is 0 Å². The van der Waals surface area contributed by atoms with Crippen molar-refractivity contribution in [1.29, 1.82) is 0 Å². The minimum Gasteiger partial charge on any atom is -0.146 e. The van der Waals surface area contributed by atoms with Gasteiger partial charge in [-0.1, -0.05) is 104 Å². The molecule has 0 bridgehead atoms. The Labute approximate surface area is 144 Å². The molecule has 21 heavy (non-hydrogen) atoms. The third-order valence-corrected chi connectivity index (χ3v) is 8.73. The van der Waals surface area contributed by atoms with Gasteiger partial charge >= 0.3 is 0 Å². The van der Waals surface area contributed by atoms with Crippen molar-refractivity contribution in [2.24, 2.45) is 0 Å². The summed E-state index contributed by atoms with van der Waals surface area (Å²) in [5, 5.41) is 0. The maximum atomic E-state index is 6.53. The molecule has 0 nitrogen and oxygen atoms in total. The molecule has 0 atom stereocenters. The molecule has 0 heterocycles. The van der Waals surface area contributed by atoms with Gasteiger partial charge in [0.2, 0.25) is 0 Å². The molecule has 0 spiro atoms. The predicted molar refractivity (Wildman–Crippen MR) is 103 cm³/mol. The molecule has 0 aliphatic carbocycles. The average molecular weight is 353 g/mol. The van der Waals surface area contributed by atoms with Gasteiger partial charge in [-0.3, -0.25) is 0 Å². The van der Waals surface area contributed by atoms with Gasteiger partial charge in [0.15, 0.2) is 0 Å². The normalized spacial score (nSPS) is 12.0. The Bertz CT molecular complexity index is 207. The van der Waals surface area contributed by atoms with E-state index in [1.807, 2.05) is 0 Å². The van der Waals surface area contributed by atoms with Gasteiger partial charge in [-0.25, -0.2) is 0 Å². The van der Waals surface area contributed by atoms with E-state index < -0.39 is 6.69 Å². The quantitative estimate of drug-likeness (QED) is 0.148. The topological polar surface area (TPSA) is 0 Å². The Balaban J connectivity index is 3.28. The van der Waals surface area contributed by atoms with Crippen LogP contribution in [0, 0.1) is 0 Å². The number of rotatable bonds is 16. The van der Waals surface area contributed by atoms with Crippen LogP contribution in [0.5, 0.6) is 0 Å². The molecule has 0 unspecified atom stereocenters. The lowest BCUT2D eigenvalue weighted by Crippen LogP contribution is -2.18. The fraction of sp³-hybridized carbons (Fsp3) is 1.00. The fourth-order valence-corrected chi connectivity index (χ4v) is 6.19. The first-order chi connectivity index (χ1) is 10.1. The molecule has 0 aliphatic rings. The number of hydrogen-bond donors (Lipinski definition) is 0. The second-order valence-corrected chi connectivity index (χ2v) is 14.2. The van der Waals surface area contributed by atoms with Gasteiger partial charge in [-0.15, -0.1) is 22.2 Å². The molecule has 0 rings (SSSR count). The monoisotopic (exact) mass is 352 g/mol. The van der Waals surface area contributed by atoms with Crippen molar-refractivity contribution in [2.75, 3.05) is 0 Å². The minimum atomic E-state index is -1.90. The third kappa shape index (κ3) is 17.0. The van der Waals surface area contributed by atoms with Crippen LogP contribution in [0.3, 0.4) is 0 Å². The fourth-order valence-electron chi connectivity index (χ4n) is 2.81. The first kappa shape index (κ1) is 21.8. The van der Waals surface area contributed by atoms with Crippen LogP contribution in [0.1, 0.15) is 104 Å². The van der Waals surface area contributed by atoms with Crippen molar-refractivity contribution in [2.45, 2.75) is 116 Å². The molecule has 0 aliphatic heterocycles. The lowest BCUT2D eigenvalue weighted by molar-refractivity contribution is 0.561. The molecule has 0 aromatic heterocycles. The van der Waals surface area contributed by atoms with Gasteiger partial charge in [-0.05, 0) is 12.1 Å². The second kappa shape index (κ2) is 15.7. The first-order valence-electron chi connectivity index (χ1n) is 9.50. The van der Waals surface area contributed by atoms with Gasteiger partial charge in [0.1, 0.15) is 0 Å². The largest absolute Gasteiger partial charge is 0.251 e. The second-order valence-electron chi connectivity index (χ2n) is 6.60. The van der Waals surface area contributed by atoms with E-state index in [0.29, 0.717) is 0 Å². The highest BCUT2D eigenvalue weighted by molar-refractivity contribution is 7.45. The smallest absolute Gasteiger partial charge is 0.146 e. The summed E-state index contributed by atoms with van der Waals surface area (Å²) < 4.78 is 0. The van der Waals surface area contributed by atoms with E-state index in [4.69, 9.17) is 22.2 Å². The van der Waals surface area contributed by atoms with Gasteiger partial charge in [0.25, 0.3) is 6.69 Å². The van der Waals surface area contributed by atoms with E-state index in [-0.39, 0.29) is 0 Å². The van der Waals surface area contributed by atoms with E-state index in [9.17, 15) is 0 Å². The van der Waals surface area contributed by atoms with Crippen molar-refractivity contribution in [1.82, 2.24) is 0 Å². The van der Waals surface area contributed by atoms with E-state index in [1.165, 1.54) is 89.9 Å². The van der Waals surface area contributed by atoms with Crippen molar-refractivity contribution in [3.8, 4) is 0 Å². The summed E-state index contributed by atoms with van der Waals surface area (Å²) >= 11 is 13.1. The zero-order chi connectivity index (χ0) is 15.8. The van der Waals surface area contributed by atoms with Crippen LogP contribution in [-0.2, 0) is 0 Å². The summed E-state index contributed by atoms with van der Waals surface area (Å²) in [5.74, 6) is 0. The van der Waals surface area contributed by atoms with Crippen LogP contribution < -0.4 is 0 Å². The van der Waals surface area contributed by atoms with Crippen LogP contribution in [0.4, 0.5) is 0 Å². The van der Waals surface area contributed by atoms with Crippen molar-refractivity contribution in [3.63, 3.8) is 0 Å². The van der Waals surface area contributed by atoms with Crippen LogP contribution in [0.15, 0.2) is 0 Å². The number of unbranched alkanes of at least 4 members (excludes halogenated alkanes) is 12. The predicted octanol–water partition coefficient (Wildman–Crippen LogP) is 8.41. The Morgan fingerprint density at radius 2 is 0.762 bits per heavy atom. The van der Waals surface area contributed by atoms with E-state index in [2.05, 4.69) is 13.8 Å². The Kier molecular flexibility index (Phi) is 16.3. The third-order valence-electron chi connectivity index (χ3n) is 4.29. The minimum absolute atomic E-state index is 1.10. The van der Waals surface area contributed by atoms with Gasteiger partial charge < -0.3 is 0 Å². The lowest BCUT2D eigenvalue weighted by Gasteiger charge is -2.16. The zero-order valence-corrected chi connectivity index (χ0v) is 17.1. The molecule has 0 aromatic rings. The molecule has 128 valence electrons. The molecule has 0 aromatic carbocycles. The van der Waals surface area contributed by atoms with Crippen LogP contribution in [0.2, 0.25) is 12.1 Å². The molecule has 3 heteroatoms. The average Bonchev–Trinajstić information content (AvgIpc) is 2.45. The molecular formula is C18H38Cl2Si. The Hall–Kier alpha value is 0.797. The summed E-state index contributed by atoms with van der Waals surface area (Å²) in [7, 11) is 0. The van der Waals surface area contributed by atoms with E-state index >= 15 is 0 Å². The van der Waals surface area contributed by atoms with Gasteiger partial charge in [-0.2, -0.15) is 0 Å². The molecule has 0 radical (unpaired) electrons. The van der Waals surface area contributed by atoms with Crippen LogP contribution in [-0.4, -0.2) is 6.69 Å². The number of halogens is 2. The number of hydrogen-bond acceptors (Lipinski definition) is 0. The highest BCUT2D eigenvalue weighted by atomic mass is 35.7. The van der Waals surface area contributed by atoms with Gasteiger partial charge in [0, 0.05) is 0 Å². The molecule has 0 saturated heterocycles. The lowest BCUT2D eigenvalue weighted by atomic mass is 10.1. The highest BCUT2D eigenvalue weighted by Gasteiger charge is 2.26. The summed E-state index contributed by atoms with van der Waals surface area (Å²) in [6.45, 7) is 2.63. The highest BCUT2D eigenvalue weighted by Crippen LogP contribution is 2.30. The summed E-state index contributed by atoms with van der Waals surface area (Å²) in [6, 6.07) is 2.21. The molecule has 0 fully saturated rings. The molecule has 0 saturated carbocycles.